The van der Waals surface area contributed by atoms with Crippen molar-refractivity contribution in [3.8, 4) is 11.4 Å². The van der Waals surface area contributed by atoms with E-state index in [1.165, 1.54) is 0 Å². The number of benzene rings is 1. The second kappa shape index (κ2) is 5.62. The van der Waals surface area contributed by atoms with Crippen LogP contribution in [0.2, 0.25) is 0 Å². The smallest absolute Gasteiger partial charge is 0.228 e. The Hall–Kier alpha value is -2.47. The summed E-state index contributed by atoms with van der Waals surface area (Å²) >= 11 is 0. The SMILES string of the molecule is Cc1cnc(-c2ccc3c(c2)CC(=O)N3)nc1N1CCOCC1. The van der Waals surface area contributed by atoms with Gasteiger partial charge in [0.15, 0.2) is 5.82 Å². The molecule has 118 valence electrons. The third-order valence-corrected chi connectivity index (χ3v) is 4.24. The van der Waals surface area contributed by atoms with Crippen LogP contribution in [0.15, 0.2) is 24.4 Å². The van der Waals surface area contributed by atoms with Crippen LogP contribution in [0, 0.1) is 6.92 Å². The van der Waals surface area contributed by atoms with Crippen LogP contribution >= 0.6 is 0 Å². The molecule has 0 spiro atoms. The molecule has 0 bridgehead atoms. The molecule has 0 atom stereocenters. The first-order chi connectivity index (χ1) is 11.2. The van der Waals surface area contributed by atoms with Gasteiger partial charge in [-0.2, -0.15) is 0 Å². The predicted octanol–water partition coefficient (Wildman–Crippen LogP) is 1.78. The van der Waals surface area contributed by atoms with E-state index < -0.39 is 0 Å². The first kappa shape index (κ1) is 14.1. The fraction of sp³-hybridized carbons (Fsp3) is 0.353. The van der Waals surface area contributed by atoms with Crippen LogP contribution in [0.25, 0.3) is 11.4 Å². The summed E-state index contributed by atoms with van der Waals surface area (Å²) in [5.74, 6) is 1.70. The van der Waals surface area contributed by atoms with Gasteiger partial charge in [-0.15, -0.1) is 0 Å². The van der Waals surface area contributed by atoms with E-state index in [4.69, 9.17) is 9.72 Å². The Kier molecular flexibility index (Phi) is 3.46. The fourth-order valence-electron chi connectivity index (χ4n) is 3.04. The Morgan fingerprint density at radius 2 is 2.09 bits per heavy atom. The van der Waals surface area contributed by atoms with Crippen LogP contribution in [0.3, 0.4) is 0 Å². The van der Waals surface area contributed by atoms with Crippen LogP contribution in [-0.4, -0.2) is 42.2 Å². The van der Waals surface area contributed by atoms with Crippen molar-refractivity contribution in [1.29, 1.82) is 0 Å². The number of rotatable bonds is 2. The average Bonchev–Trinajstić information content (AvgIpc) is 2.95. The number of carbonyl (C=O) groups excluding carboxylic acids is 1. The Morgan fingerprint density at radius 1 is 1.26 bits per heavy atom. The zero-order chi connectivity index (χ0) is 15.8. The highest BCUT2D eigenvalue weighted by molar-refractivity contribution is 5.99. The van der Waals surface area contributed by atoms with E-state index in [-0.39, 0.29) is 5.91 Å². The first-order valence-corrected chi connectivity index (χ1v) is 7.80. The number of aryl methyl sites for hydroxylation is 1. The summed E-state index contributed by atoms with van der Waals surface area (Å²) in [4.78, 5) is 23.0. The molecule has 1 saturated heterocycles. The second-order valence-electron chi connectivity index (χ2n) is 5.90. The van der Waals surface area contributed by atoms with Crippen molar-refractivity contribution in [3.63, 3.8) is 0 Å². The molecular formula is C17H18N4O2. The van der Waals surface area contributed by atoms with Gasteiger partial charge in [-0.1, -0.05) is 0 Å². The van der Waals surface area contributed by atoms with E-state index in [1.807, 2.05) is 31.3 Å². The molecule has 1 amide bonds. The van der Waals surface area contributed by atoms with Crippen LogP contribution in [0.1, 0.15) is 11.1 Å². The number of fused-ring (bicyclic) bond motifs is 1. The third kappa shape index (κ3) is 2.66. The van der Waals surface area contributed by atoms with Gasteiger partial charge >= 0.3 is 0 Å². The van der Waals surface area contributed by atoms with Gasteiger partial charge in [0.1, 0.15) is 5.82 Å². The zero-order valence-electron chi connectivity index (χ0n) is 13.0. The highest BCUT2D eigenvalue weighted by Crippen LogP contribution is 2.29. The fourth-order valence-corrected chi connectivity index (χ4v) is 3.04. The highest BCUT2D eigenvalue weighted by Gasteiger charge is 2.20. The summed E-state index contributed by atoms with van der Waals surface area (Å²) in [5.41, 5.74) is 3.90. The van der Waals surface area contributed by atoms with Gasteiger partial charge < -0.3 is 15.0 Å². The number of aromatic nitrogens is 2. The number of carbonyl (C=O) groups is 1. The van der Waals surface area contributed by atoms with Crippen LogP contribution in [0.5, 0.6) is 0 Å². The van der Waals surface area contributed by atoms with Crippen LogP contribution in [0.4, 0.5) is 11.5 Å². The number of anilines is 2. The van der Waals surface area contributed by atoms with Crippen molar-refractivity contribution in [1.82, 2.24) is 9.97 Å². The minimum absolute atomic E-state index is 0.0379. The van der Waals surface area contributed by atoms with Crippen molar-refractivity contribution in [2.24, 2.45) is 0 Å². The van der Waals surface area contributed by atoms with E-state index in [0.29, 0.717) is 12.2 Å². The molecule has 1 aromatic carbocycles. The molecule has 6 nitrogen and oxygen atoms in total. The maximum atomic E-state index is 11.5. The van der Waals surface area contributed by atoms with Crippen LogP contribution < -0.4 is 10.2 Å². The Bertz CT molecular complexity index is 769. The molecule has 23 heavy (non-hydrogen) atoms. The van der Waals surface area contributed by atoms with Crippen molar-refractivity contribution < 1.29 is 9.53 Å². The maximum Gasteiger partial charge on any atom is 0.228 e. The van der Waals surface area contributed by atoms with Gasteiger partial charge in [-0.25, -0.2) is 9.97 Å². The lowest BCUT2D eigenvalue weighted by Gasteiger charge is -2.29. The molecule has 0 unspecified atom stereocenters. The standard InChI is InChI=1S/C17H18N4O2/c1-11-10-18-16(20-17(11)21-4-6-23-7-5-21)12-2-3-14-13(8-12)9-15(22)19-14/h2-3,8,10H,4-7,9H2,1H3,(H,19,22). The molecule has 0 aliphatic carbocycles. The van der Waals surface area contributed by atoms with Gasteiger partial charge in [0.2, 0.25) is 5.91 Å². The van der Waals surface area contributed by atoms with Gasteiger partial charge in [-0.05, 0) is 30.7 Å². The summed E-state index contributed by atoms with van der Waals surface area (Å²) in [6.07, 6.45) is 2.29. The molecule has 0 saturated carbocycles. The Morgan fingerprint density at radius 3 is 2.91 bits per heavy atom. The van der Waals surface area contributed by atoms with Gasteiger partial charge in [-0.3, -0.25) is 4.79 Å². The van der Waals surface area contributed by atoms with E-state index in [0.717, 1.165) is 54.5 Å². The number of nitrogens with one attached hydrogen (secondary N) is 1. The van der Waals surface area contributed by atoms with Crippen molar-refractivity contribution in [2.45, 2.75) is 13.3 Å². The summed E-state index contributed by atoms with van der Waals surface area (Å²) in [6.45, 7) is 5.18. The monoisotopic (exact) mass is 310 g/mol. The minimum Gasteiger partial charge on any atom is -0.378 e. The maximum absolute atomic E-state index is 11.5. The lowest BCUT2D eigenvalue weighted by molar-refractivity contribution is -0.115. The number of nitrogens with zero attached hydrogens (tertiary/aromatic N) is 3. The largest absolute Gasteiger partial charge is 0.378 e. The van der Waals surface area contributed by atoms with E-state index in [9.17, 15) is 4.79 Å². The van der Waals surface area contributed by atoms with Gasteiger partial charge in [0.05, 0.1) is 19.6 Å². The minimum atomic E-state index is 0.0379. The van der Waals surface area contributed by atoms with E-state index in [2.05, 4.69) is 15.2 Å². The summed E-state index contributed by atoms with van der Waals surface area (Å²) in [6, 6.07) is 5.88. The van der Waals surface area contributed by atoms with Crippen LogP contribution in [-0.2, 0) is 16.0 Å². The normalized spacial score (nSPS) is 17.1. The number of ether oxygens (including phenoxy) is 1. The first-order valence-electron chi connectivity index (χ1n) is 7.80. The number of morpholine rings is 1. The molecule has 2 aromatic rings. The lowest BCUT2D eigenvalue weighted by atomic mass is 10.1. The lowest BCUT2D eigenvalue weighted by Crippen LogP contribution is -2.37. The number of amides is 1. The van der Waals surface area contributed by atoms with E-state index in [1.54, 1.807) is 0 Å². The third-order valence-electron chi connectivity index (χ3n) is 4.24. The average molecular weight is 310 g/mol. The summed E-state index contributed by atoms with van der Waals surface area (Å²) in [7, 11) is 0. The molecule has 1 fully saturated rings. The van der Waals surface area contributed by atoms with Crippen molar-refractivity contribution in [3.05, 3.63) is 35.5 Å². The molecular weight excluding hydrogens is 292 g/mol. The second-order valence-corrected chi connectivity index (χ2v) is 5.90. The number of hydrogen-bond donors (Lipinski definition) is 1. The molecule has 2 aliphatic heterocycles. The Balaban J connectivity index is 1.69. The zero-order valence-corrected chi connectivity index (χ0v) is 13.0. The number of hydrogen-bond acceptors (Lipinski definition) is 5. The summed E-state index contributed by atoms with van der Waals surface area (Å²) in [5, 5.41) is 2.85. The van der Waals surface area contributed by atoms with Crippen molar-refractivity contribution in [2.75, 3.05) is 36.5 Å². The van der Waals surface area contributed by atoms with Crippen molar-refractivity contribution >= 4 is 17.4 Å². The van der Waals surface area contributed by atoms with E-state index >= 15 is 0 Å². The van der Waals surface area contributed by atoms with Gasteiger partial charge in [0, 0.05) is 36.1 Å². The Labute approximate surface area is 134 Å². The molecule has 0 radical (unpaired) electrons. The topological polar surface area (TPSA) is 67.4 Å². The van der Waals surface area contributed by atoms with Gasteiger partial charge in [0.25, 0.3) is 0 Å². The highest BCUT2D eigenvalue weighted by atomic mass is 16.5. The predicted molar refractivity (Wildman–Crippen MR) is 87.6 cm³/mol. The summed E-state index contributed by atoms with van der Waals surface area (Å²) < 4.78 is 5.41. The molecule has 6 heteroatoms. The quantitative estimate of drug-likeness (QED) is 0.916. The molecule has 4 rings (SSSR count). The molecule has 3 heterocycles. The molecule has 2 aliphatic rings. The molecule has 1 N–H and O–H groups in total. The molecule has 1 aromatic heterocycles.